The van der Waals surface area contributed by atoms with E-state index in [2.05, 4.69) is 33.1 Å². The van der Waals surface area contributed by atoms with Gasteiger partial charge in [-0.25, -0.2) is 0 Å². The van der Waals surface area contributed by atoms with Crippen LogP contribution >= 0.6 is 11.7 Å². The van der Waals surface area contributed by atoms with Crippen LogP contribution in [0, 0.1) is 0 Å². The normalized spacial score (nSPS) is 12.3. The van der Waals surface area contributed by atoms with Crippen LogP contribution in [0.2, 0.25) is 0 Å². The fourth-order valence-corrected chi connectivity index (χ4v) is 2.38. The van der Waals surface area contributed by atoms with E-state index in [1.165, 1.54) is 11.7 Å². The molecule has 0 saturated heterocycles. The third-order valence-corrected chi connectivity index (χ3v) is 3.27. The Morgan fingerprint density at radius 1 is 1.37 bits per heavy atom. The molecule has 1 heterocycles. The molecule has 0 aliphatic carbocycles. The predicted molar refractivity (Wildman–Crippen MR) is 77.7 cm³/mol. The molecule has 1 atom stereocenters. The van der Waals surface area contributed by atoms with Gasteiger partial charge in [-0.3, -0.25) is 0 Å². The zero-order chi connectivity index (χ0) is 13.5. The summed E-state index contributed by atoms with van der Waals surface area (Å²) < 4.78 is 14.0. The van der Waals surface area contributed by atoms with Gasteiger partial charge >= 0.3 is 0 Å². The van der Waals surface area contributed by atoms with Crippen molar-refractivity contribution >= 4 is 11.7 Å². The topological polar surface area (TPSA) is 47.0 Å². The monoisotopic (exact) mass is 277 g/mol. The lowest BCUT2D eigenvalue weighted by Crippen LogP contribution is -2.23. The van der Waals surface area contributed by atoms with Gasteiger partial charge < -0.3 is 10.1 Å². The van der Waals surface area contributed by atoms with Crippen molar-refractivity contribution in [3.63, 3.8) is 0 Å². The Kier molecular flexibility index (Phi) is 5.30. The van der Waals surface area contributed by atoms with Crippen molar-refractivity contribution < 1.29 is 4.74 Å². The third-order valence-electron chi connectivity index (χ3n) is 2.78. The van der Waals surface area contributed by atoms with Gasteiger partial charge in [0, 0.05) is 0 Å². The predicted octanol–water partition coefficient (Wildman–Crippen LogP) is 3.03. The van der Waals surface area contributed by atoms with Gasteiger partial charge in [-0.1, -0.05) is 19.1 Å². The molecule has 102 valence electrons. The Balaban J connectivity index is 2.24. The molecule has 2 aromatic rings. The lowest BCUT2D eigenvalue weighted by Gasteiger charge is -2.17. The van der Waals surface area contributed by atoms with Gasteiger partial charge in [0.05, 0.1) is 36.3 Å². The fraction of sp³-hybridized carbons (Fsp3) is 0.429. The van der Waals surface area contributed by atoms with Crippen molar-refractivity contribution in [1.82, 2.24) is 14.1 Å². The molecule has 1 aromatic heterocycles. The first-order chi connectivity index (χ1) is 9.35. The van der Waals surface area contributed by atoms with Crippen LogP contribution in [0.3, 0.4) is 0 Å². The second-order valence-corrected chi connectivity index (χ2v) is 4.78. The van der Waals surface area contributed by atoms with E-state index in [1.54, 1.807) is 0 Å². The maximum atomic E-state index is 5.56. The van der Waals surface area contributed by atoms with Gasteiger partial charge in [0.2, 0.25) is 0 Å². The summed E-state index contributed by atoms with van der Waals surface area (Å²) >= 11 is 1.24. The van der Waals surface area contributed by atoms with Crippen LogP contribution in [-0.2, 0) is 0 Å². The minimum Gasteiger partial charge on any atom is -0.494 e. The molecular weight excluding hydrogens is 258 g/mol. The fourth-order valence-electron chi connectivity index (χ4n) is 1.93. The highest BCUT2D eigenvalue weighted by Crippen LogP contribution is 2.24. The molecule has 1 aromatic carbocycles. The maximum Gasteiger partial charge on any atom is 0.119 e. The molecule has 0 aliphatic rings. The smallest absolute Gasteiger partial charge is 0.119 e. The number of hydrogen-bond donors (Lipinski definition) is 1. The summed E-state index contributed by atoms with van der Waals surface area (Å²) in [6.07, 6.45) is 2.91. The quantitative estimate of drug-likeness (QED) is 0.845. The number of hydrogen-bond acceptors (Lipinski definition) is 5. The average Bonchev–Trinajstić information content (AvgIpc) is 2.94. The highest BCUT2D eigenvalue weighted by atomic mass is 32.1. The minimum absolute atomic E-state index is 0.0825. The highest BCUT2D eigenvalue weighted by Gasteiger charge is 2.16. The molecule has 0 amide bonds. The van der Waals surface area contributed by atoms with Gasteiger partial charge in [0.25, 0.3) is 0 Å². The van der Waals surface area contributed by atoms with Crippen LogP contribution < -0.4 is 10.1 Å². The second-order valence-electron chi connectivity index (χ2n) is 4.22. The van der Waals surface area contributed by atoms with Gasteiger partial charge in [0.1, 0.15) is 5.75 Å². The lowest BCUT2D eigenvalue weighted by molar-refractivity contribution is 0.339. The maximum absolute atomic E-state index is 5.56. The Morgan fingerprint density at radius 3 is 2.95 bits per heavy atom. The van der Waals surface area contributed by atoms with Gasteiger partial charge in [-0.2, -0.15) is 8.75 Å². The molecule has 0 radical (unpaired) electrons. The van der Waals surface area contributed by atoms with E-state index in [0.717, 1.165) is 30.0 Å². The number of benzene rings is 1. The summed E-state index contributed by atoms with van der Waals surface area (Å²) in [5, 5.41) is 3.51. The minimum atomic E-state index is 0.0825. The first-order valence-electron chi connectivity index (χ1n) is 6.58. The molecule has 0 fully saturated rings. The zero-order valence-corrected chi connectivity index (χ0v) is 12.1. The summed E-state index contributed by atoms with van der Waals surface area (Å²) in [5.74, 6) is 0.895. The van der Waals surface area contributed by atoms with E-state index >= 15 is 0 Å². The van der Waals surface area contributed by atoms with E-state index < -0.39 is 0 Å². The molecular formula is C14H19N3OS. The van der Waals surface area contributed by atoms with Crippen molar-refractivity contribution in [3.8, 4) is 5.75 Å². The molecule has 2 rings (SSSR count). The largest absolute Gasteiger partial charge is 0.494 e. The zero-order valence-electron chi connectivity index (χ0n) is 11.3. The van der Waals surface area contributed by atoms with Gasteiger partial charge in [-0.05, 0) is 37.6 Å². The lowest BCUT2D eigenvalue weighted by atomic mass is 10.0. The Hall–Kier alpha value is -1.46. The van der Waals surface area contributed by atoms with Crippen molar-refractivity contribution in [2.24, 2.45) is 0 Å². The van der Waals surface area contributed by atoms with E-state index in [1.807, 2.05) is 25.3 Å². The number of aromatic nitrogens is 2. The van der Waals surface area contributed by atoms with Crippen molar-refractivity contribution in [2.75, 3.05) is 13.2 Å². The van der Waals surface area contributed by atoms with Crippen LogP contribution in [0.25, 0.3) is 0 Å². The number of nitrogens with one attached hydrogen (secondary N) is 1. The SMILES string of the molecule is CCCNC(c1cccc(OCC)c1)c1cnsn1. The number of ether oxygens (including phenoxy) is 1. The molecule has 1 unspecified atom stereocenters. The summed E-state index contributed by atoms with van der Waals surface area (Å²) in [6.45, 7) is 5.76. The number of nitrogens with zero attached hydrogens (tertiary/aromatic N) is 2. The van der Waals surface area contributed by atoms with E-state index in [-0.39, 0.29) is 6.04 Å². The Labute approximate surface area is 118 Å². The first kappa shape index (κ1) is 14.0. The van der Waals surface area contributed by atoms with Crippen LogP contribution in [0.15, 0.2) is 30.5 Å². The Morgan fingerprint density at radius 2 is 2.26 bits per heavy atom. The first-order valence-corrected chi connectivity index (χ1v) is 7.31. The molecule has 0 spiro atoms. The summed E-state index contributed by atoms with van der Waals surface area (Å²) in [4.78, 5) is 0. The average molecular weight is 277 g/mol. The van der Waals surface area contributed by atoms with Crippen molar-refractivity contribution in [2.45, 2.75) is 26.3 Å². The molecule has 4 nitrogen and oxygen atoms in total. The van der Waals surface area contributed by atoms with E-state index in [0.29, 0.717) is 6.61 Å². The Bertz CT molecular complexity index is 487. The van der Waals surface area contributed by atoms with Crippen molar-refractivity contribution in [3.05, 3.63) is 41.7 Å². The van der Waals surface area contributed by atoms with Crippen molar-refractivity contribution in [1.29, 1.82) is 0 Å². The molecule has 0 aliphatic heterocycles. The molecule has 0 bridgehead atoms. The van der Waals surface area contributed by atoms with Gasteiger partial charge in [-0.15, -0.1) is 0 Å². The molecule has 1 N–H and O–H groups in total. The van der Waals surface area contributed by atoms with E-state index in [4.69, 9.17) is 4.74 Å². The van der Waals surface area contributed by atoms with Crippen LogP contribution in [0.5, 0.6) is 5.75 Å². The molecule has 0 saturated carbocycles. The highest BCUT2D eigenvalue weighted by molar-refractivity contribution is 6.99. The van der Waals surface area contributed by atoms with Crippen LogP contribution in [0.1, 0.15) is 37.6 Å². The second kappa shape index (κ2) is 7.21. The summed E-state index contributed by atoms with van der Waals surface area (Å²) in [7, 11) is 0. The summed E-state index contributed by atoms with van der Waals surface area (Å²) in [5.41, 5.74) is 2.12. The third kappa shape index (κ3) is 3.75. The van der Waals surface area contributed by atoms with Crippen LogP contribution in [0.4, 0.5) is 0 Å². The molecule has 5 heteroatoms. The van der Waals surface area contributed by atoms with Gasteiger partial charge in [0.15, 0.2) is 0 Å². The molecule has 19 heavy (non-hydrogen) atoms. The van der Waals surface area contributed by atoms with E-state index in [9.17, 15) is 0 Å². The standard InChI is InChI=1S/C14H19N3OS/c1-3-8-15-14(13-10-16-19-17-13)11-6-5-7-12(9-11)18-4-2/h5-7,9-10,14-15H,3-4,8H2,1-2H3. The number of rotatable bonds is 7. The summed E-state index contributed by atoms with van der Waals surface area (Å²) in [6, 6.07) is 8.23. The van der Waals surface area contributed by atoms with Crippen LogP contribution in [-0.4, -0.2) is 21.9 Å².